The monoisotopic (exact) mass is 332 g/mol. The van der Waals surface area contributed by atoms with Crippen molar-refractivity contribution in [3.8, 4) is 5.75 Å². The van der Waals surface area contributed by atoms with E-state index in [9.17, 15) is 18.4 Å². The topological polar surface area (TPSA) is 58.6 Å². The van der Waals surface area contributed by atoms with Gasteiger partial charge in [0.05, 0.1) is 0 Å². The summed E-state index contributed by atoms with van der Waals surface area (Å²) in [7, 11) is 0. The molecule has 1 saturated heterocycles. The average Bonchev–Trinajstić information content (AvgIpc) is 2.49. The first kappa shape index (κ1) is 16.5. The Hall–Kier alpha value is -1.89. The van der Waals surface area contributed by atoms with Crippen LogP contribution < -0.4 is 15.0 Å². The third-order valence-corrected chi connectivity index (χ3v) is 3.51. The number of halogens is 3. The molecule has 22 heavy (non-hydrogen) atoms. The molecule has 1 atom stereocenters. The van der Waals surface area contributed by atoms with Crippen molar-refractivity contribution in [1.82, 2.24) is 5.32 Å². The summed E-state index contributed by atoms with van der Waals surface area (Å²) in [6, 6.07) is 5.19. The summed E-state index contributed by atoms with van der Waals surface area (Å²) in [5.74, 6) is -0.825. The van der Waals surface area contributed by atoms with Crippen molar-refractivity contribution in [2.45, 2.75) is 25.5 Å². The number of hydrogen-bond acceptors (Lipinski definition) is 3. The molecule has 1 aromatic carbocycles. The van der Waals surface area contributed by atoms with Gasteiger partial charge < -0.3 is 15.0 Å². The van der Waals surface area contributed by atoms with E-state index in [-0.39, 0.29) is 17.5 Å². The number of piperidine rings is 1. The SMILES string of the molecule is O=C(CCl)NC1CCCN(c2ccc(OC(F)F)cc2)C1=O. The first-order valence-electron chi connectivity index (χ1n) is 6.73. The molecule has 1 unspecified atom stereocenters. The van der Waals surface area contributed by atoms with Crippen LogP contribution >= 0.6 is 11.6 Å². The zero-order valence-corrected chi connectivity index (χ0v) is 12.4. The Bertz CT molecular complexity index is 539. The molecule has 0 aromatic heterocycles. The summed E-state index contributed by atoms with van der Waals surface area (Å²) in [5, 5.41) is 2.57. The number of hydrogen-bond donors (Lipinski definition) is 1. The molecule has 1 aliphatic heterocycles. The molecule has 0 spiro atoms. The highest BCUT2D eigenvalue weighted by atomic mass is 35.5. The first-order chi connectivity index (χ1) is 10.5. The lowest BCUT2D eigenvalue weighted by Gasteiger charge is -2.32. The molecule has 8 heteroatoms. The highest BCUT2D eigenvalue weighted by molar-refractivity contribution is 6.27. The average molecular weight is 333 g/mol. The van der Waals surface area contributed by atoms with Gasteiger partial charge in [-0.25, -0.2) is 0 Å². The standard InChI is InChI=1S/C14H15ClF2N2O3/c15-8-12(20)18-11-2-1-7-19(13(11)21)9-3-5-10(6-4-9)22-14(16)17/h3-6,11,14H,1-2,7-8H2,(H,18,20). The van der Waals surface area contributed by atoms with Crippen LogP contribution in [-0.4, -0.2) is 36.9 Å². The van der Waals surface area contributed by atoms with Gasteiger partial charge in [-0.05, 0) is 37.1 Å². The lowest BCUT2D eigenvalue weighted by atomic mass is 10.0. The van der Waals surface area contributed by atoms with E-state index >= 15 is 0 Å². The van der Waals surface area contributed by atoms with Gasteiger partial charge in [0.15, 0.2) is 0 Å². The molecular weight excluding hydrogens is 318 g/mol. The molecule has 5 nitrogen and oxygen atoms in total. The lowest BCUT2D eigenvalue weighted by molar-refractivity contribution is -0.127. The Balaban J connectivity index is 2.07. The van der Waals surface area contributed by atoms with Crippen LogP contribution in [0.2, 0.25) is 0 Å². The Morgan fingerprint density at radius 1 is 1.41 bits per heavy atom. The highest BCUT2D eigenvalue weighted by Crippen LogP contribution is 2.24. The van der Waals surface area contributed by atoms with Crippen LogP contribution in [0.3, 0.4) is 0 Å². The molecule has 0 saturated carbocycles. The van der Waals surface area contributed by atoms with Crippen molar-refractivity contribution in [3.05, 3.63) is 24.3 Å². The van der Waals surface area contributed by atoms with Crippen LogP contribution in [0.5, 0.6) is 5.75 Å². The number of carbonyl (C=O) groups excluding carboxylic acids is 2. The fourth-order valence-corrected chi connectivity index (χ4v) is 2.38. The van der Waals surface area contributed by atoms with Gasteiger partial charge in [0, 0.05) is 12.2 Å². The molecule has 0 aliphatic carbocycles. The first-order valence-corrected chi connectivity index (χ1v) is 7.26. The smallest absolute Gasteiger partial charge is 0.387 e. The van der Waals surface area contributed by atoms with Crippen LogP contribution in [0.1, 0.15) is 12.8 Å². The zero-order chi connectivity index (χ0) is 16.1. The second-order valence-corrected chi connectivity index (χ2v) is 5.03. The van der Waals surface area contributed by atoms with Gasteiger partial charge in [-0.15, -0.1) is 11.6 Å². The maximum absolute atomic E-state index is 12.4. The number of carbonyl (C=O) groups is 2. The molecule has 2 rings (SSSR count). The summed E-state index contributed by atoms with van der Waals surface area (Å²) in [6.07, 6.45) is 1.26. The number of benzene rings is 1. The van der Waals surface area contributed by atoms with Crippen molar-refractivity contribution in [2.75, 3.05) is 17.3 Å². The normalized spacial score (nSPS) is 18.5. The Labute approximate surface area is 131 Å². The van der Waals surface area contributed by atoms with Gasteiger partial charge in [-0.3, -0.25) is 9.59 Å². The van der Waals surface area contributed by atoms with Crippen LogP contribution in [0, 0.1) is 0 Å². The number of amides is 2. The predicted molar refractivity (Wildman–Crippen MR) is 77.3 cm³/mol. The van der Waals surface area contributed by atoms with Crippen LogP contribution in [0.15, 0.2) is 24.3 Å². The summed E-state index contributed by atoms with van der Waals surface area (Å²) in [6.45, 7) is -2.39. The minimum atomic E-state index is -2.89. The summed E-state index contributed by atoms with van der Waals surface area (Å²) in [4.78, 5) is 25.2. The highest BCUT2D eigenvalue weighted by Gasteiger charge is 2.30. The van der Waals surface area contributed by atoms with E-state index in [1.807, 2.05) is 0 Å². The summed E-state index contributed by atoms with van der Waals surface area (Å²) in [5.41, 5.74) is 0.566. The minimum Gasteiger partial charge on any atom is -0.435 e. The van der Waals surface area contributed by atoms with Crippen LogP contribution in [0.4, 0.5) is 14.5 Å². The molecule has 1 aromatic rings. The van der Waals surface area contributed by atoms with Gasteiger partial charge in [-0.2, -0.15) is 8.78 Å². The molecular formula is C14H15ClF2N2O3. The number of anilines is 1. The Morgan fingerprint density at radius 2 is 2.09 bits per heavy atom. The second-order valence-electron chi connectivity index (χ2n) is 4.76. The number of nitrogens with one attached hydrogen (secondary N) is 1. The van der Waals surface area contributed by atoms with E-state index in [1.54, 1.807) is 0 Å². The molecule has 1 heterocycles. The van der Waals surface area contributed by atoms with E-state index in [2.05, 4.69) is 10.1 Å². The minimum absolute atomic E-state index is 0.0233. The van der Waals surface area contributed by atoms with Crippen molar-refractivity contribution in [2.24, 2.45) is 0 Å². The third kappa shape index (κ3) is 4.07. The van der Waals surface area contributed by atoms with Crippen molar-refractivity contribution < 1.29 is 23.1 Å². The largest absolute Gasteiger partial charge is 0.435 e. The van der Waals surface area contributed by atoms with Gasteiger partial charge in [0.25, 0.3) is 0 Å². The number of nitrogens with zero attached hydrogens (tertiary/aromatic N) is 1. The zero-order valence-electron chi connectivity index (χ0n) is 11.6. The molecule has 0 radical (unpaired) electrons. The number of alkyl halides is 3. The third-order valence-electron chi connectivity index (χ3n) is 3.27. The van der Waals surface area contributed by atoms with Crippen LogP contribution in [0.25, 0.3) is 0 Å². The predicted octanol–water partition coefficient (Wildman–Crippen LogP) is 2.14. The molecule has 1 N–H and O–H groups in total. The molecule has 1 aliphatic rings. The van der Waals surface area contributed by atoms with Crippen molar-refractivity contribution in [3.63, 3.8) is 0 Å². The molecule has 1 fully saturated rings. The van der Waals surface area contributed by atoms with Crippen LogP contribution in [-0.2, 0) is 9.59 Å². The van der Waals surface area contributed by atoms with E-state index in [0.717, 1.165) is 0 Å². The molecule has 2 amide bonds. The molecule has 120 valence electrons. The Kier molecular flexibility index (Phi) is 5.54. The van der Waals surface area contributed by atoms with E-state index in [0.29, 0.717) is 25.1 Å². The fourth-order valence-electron chi connectivity index (χ4n) is 2.31. The summed E-state index contributed by atoms with van der Waals surface area (Å²) < 4.78 is 28.5. The maximum Gasteiger partial charge on any atom is 0.387 e. The van der Waals surface area contributed by atoms with E-state index in [4.69, 9.17) is 11.6 Å². The summed E-state index contributed by atoms with van der Waals surface area (Å²) >= 11 is 5.42. The fraction of sp³-hybridized carbons (Fsp3) is 0.429. The van der Waals surface area contributed by atoms with Gasteiger partial charge in [0.1, 0.15) is 17.7 Å². The molecule has 0 bridgehead atoms. The lowest BCUT2D eigenvalue weighted by Crippen LogP contribution is -2.52. The van der Waals surface area contributed by atoms with Gasteiger partial charge >= 0.3 is 6.61 Å². The number of rotatable bonds is 5. The van der Waals surface area contributed by atoms with Crippen molar-refractivity contribution in [1.29, 1.82) is 0 Å². The van der Waals surface area contributed by atoms with Gasteiger partial charge in [-0.1, -0.05) is 0 Å². The maximum atomic E-state index is 12.4. The van der Waals surface area contributed by atoms with Crippen molar-refractivity contribution >= 4 is 29.1 Å². The van der Waals surface area contributed by atoms with Gasteiger partial charge in [0.2, 0.25) is 11.8 Å². The Morgan fingerprint density at radius 3 is 2.68 bits per heavy atom. The second kappa shape index (κ2) is 7.40. The van der Waals surface area contributed by atoms with E-state index in [1.165, 1.54) is 29.2 Å². The quantitative estimate of drug-likeness (QED) is 0.840. The van der Waals surface area contributed by atoms with E-state index < -0.39 is 18.6 Å². The number of ether oxygens (including phenoxy) is 1.